The maximum atomic E-state index is 14.1. The summed E-state index contributed by atoms with van der Waals surface area (Å²) >= 11 is 6.34. The molecule has 0 amide bonds. The van der Waals surface area contributed by atoms with Gasteiger partial charge in [0.2, 0.25) is 5.88 Å². The lowest BCUT2D eigenvalue weighted by molar-refractivity contribution is -0.149. The standard InChI is InChI=1S/C27H33ClN7O6P/c1-16(2)40-27(36)18(4)34-42(37,15-39-17(3)12-35-14-32-24-25(29)30-13-31-26(24)35)41-20-8-6-19(7-9-20)23-21(28)10-11-22(33-23)38-5/h6-11,13-14,16-18H,12,15H2,1-5H3,(H,34,37)(H2,29,30,31)/t17-,18+,42?/m1/s1. The van der Waals surface area contributed by atoms with Crippen LogP contribution in [0.15, 0.2) is 49.1 Å². The highest BCUT2D eigenvalue weighted by Crippen LogP contribution is 2.44. The minimum atomic E-state index is -3.81. The first-order valence-corrected chi connectivity index (χ1v) is 15.3. The molecule has 3 N–H and O–H groups in total. The Labute approximate surface area is 248 Å². The summed E-state index contributed by atoms with van der Waals surface area (Å²) in [4.78, 5) is 29.3. The number of ether oxygens (including phenoxy) is 3. The quantitative estimate of drug-likeness (QED) is 0.157. The van der Waals surface area contributed by atoms with Crippen LogP contribution in [0.2, 0.25) is 5.02 Å². The zero-order valence-electron chi connectivity index (χ0n) is 23.9. The molecule has 0 aliphatic carbocycles. The van der Waals surface area contributed by atoms with E-state index in [0.717, 1.165) is 0 Å². The van der Waals surface area contributed by atoms with Crippen molar-refractivity contribution in [2.24, 2.45) is 0 Å². The van der Waals surface area contributed by atoms with Crippen molar-refractivity contribution in [3.63, 3.8) is 0 Å². The molecule has 3 heterocycles. The number of benzene rings is 1. The summed E-state index contributed by atoms with van der Waals surface area (Å²) in [6, 6.07) is 9.13. The topological polar surface area (TPSA) is 166 Å². The molecule has 4 aromatic rings. The number of carbonyl (C=O) groups is 1. The predicted octanol–water partition coefficient (Wildman–Crippen LogP) is 4.70. The van der Waals surface area contributed by atoms with Crippen molar-refractivity contribution in [3.05, 3.63) is 54.1 Å². The molecule has 0 saturated carbocycles. The third-order valence-corrected chi connectivity index (χ3v) is 8.00. The number of halogens is 1. The largest absolute Gasteiger partial charge is 0.481 e. The second-order valence-electron chi connectivity index (χ2n) is 9.74. The van der Waals surface area contributed by atoms with Crippen LogP contribution >= 0.6 is 19.1 Å². The zero-order chi connectivity index (χ0) is 30.4. The van der Waals surface area contributed by atoms with Gasteiger partial charge < -0.3 is 29.0 Å². The van der Waals surface area contributed by atoms with Crippen molar-refractivity contribution in [2.75, 3.05) is 19.2 Å². The molecule has 4 rings (SSSR count). The molecule has 13 nitrogen and oxygen atoms in total. The van der Waals surface area contributed by atoms with Gasteiger partial charge in [0, 0.05) is 11.6 Å². The molecule has 0 bridgehead atoms. The number of hydrogen-bond donors (Lipinski definition) is 2. The molecule has 1 unspecified atom stereocenters. The lowest BCUT2D eigenvalue weighted by atomic mass is 10.1. The Hall–Kier alpha value is -3.77. The van der Waals surface area contributed by atoms with Gasteiger partial charge in [0.25, 0.3) is 0 Å². The summed E-state index contributed by atoms with van der Waals surface area (Å²) in [5.41, 5.74) is 8.12. The van der Waals surface area contributed by atoms with Crippen LogP contribution in [0.5, 0.6) is 11.6 Å². The fourth-order valence-corrected chi connectivity index (χ4v) is 5.95. The molecule has 0 spiro atoms. The molecule has 15 heteroatoms. The second kappa shape index (κ2) is 13.5. The van der Waals surface area contributed by atoms with Crippen molar-refractivity contribution in [1.82, 2.24) is 29.6 Å². The highest BCUT2D eigenvalue weighted by Gasteiger charge is 2.32. The third-order valence-electron chi connectivity index (χ3n) is 5.92. The molecule has 1 aromatic carbocycles. The van der Waals surface area contributed by atoms with E-state index in [2.05, 4.69) is 25.0 Å². The monoisotopic (exact) mass is 617 g/mol. The van der Waals surface area contributed by atoms with Crippen molar-refractivity contribution in [3.8, 4) is 22.9 Å². The Bertz CT molecular complexity index is 1580. The van der Waals surface area contributed by atoms with E-state index in [4.69, 9.17) is 36.1 Å². The van der Waals surface area contributed by atoms with Gasteiger partial charge in [0.15, 0.2) is 11.5 Å². The van der Waals surface area contributed by atoms with Crippen LogP contribution in [-0.4, -0.2) is 62.2 Å². The first kappa shape index (κ1) is 31.2. The van der Waals surface area contributed by atoms with E-state index in [9.17, 15) is 9.36 Å². The van der Waals surface area contributed by atoms with Gasteiger partial charge in [-0.1, -0.05) is 11.6 Å². The van der Waals surface area contributed by atoms with Gasteiger partial charge in [0.1, 0.15) is 30.0 Å². The molecule has 224 valence electrons. The number of carbonyl (C=O) groups excluding carboxylic acids is 1. The number of nitrogens with zero attached hydrogens (tertiary/aromatic N) is 5. The first-order chi connectivity index (χ1) is 20.0. The fourth-order valence-electron chi connectivity index (χ4n) is 3.94. The second-order valence-corrected chi connectivity index (χ2v) is 12.2. The van der Waals surface area contributed by atoms with Gasteiger partial charge in [-0.3, -0.25) is 9.36 Å². The smallest absolute Gasteiger partial charge is 0.342 e. The molecule has 0 aliphatic heterocycles. The molecule has 42 heavy (non-hydrogen) atoms. The highest BCUT2D eigenvalue weighted by atomic mass is 35.5. The summed E-state index contributed by atoms with van der Waals surface area (Å²) in [5.74, 6) is 0.393. The van der Waals surface area contributed by atoms with E-state index >= 15 is 0 Å². The lowest BCUT2D eigenvalue weighted by Crippen LogP contribution is -2.37. The van der Waals surface area contributed by atoms with Gasteiger partial charge >= 0.3 is 13.5 Å². The number of anilines is 1. The van der Waals surface area contributed by atoms with E-state index < -0.39 is 25.6 Å². The third kappa shape index (κ3) is 7.74. The van der Waals surface area contributed by atoms with E-state index in [-0.39, 0.29) is 24.0 Å². The van der Waals surface area contributed by atoms with Crippen molar-refractivity contribution < 1.29 is 28.1 Å². The molecule has 0 saturated heterocycles. The van der Waals surface area contributed by atoms with Crippen LogP contribution in [0.3, 0.4) is 0 Å². The van der Waals surface area contributed by atoms with Crippen molar-refractivity contribution in [2.45, 2.75) is 52.5 Å². The zero-order valence-corrected chi connectivity index (χ0v) is 25.5. The number of pyridine rings is 1. The van der Waals surface area contributed by atoms with Crippen LogP contribution in [0, 0.1) is 0 Å². The van der Waals surface area contributed by atoms with E-state index in [0.29, 0.717) is 39.9 Å². The van der Waals surface area contributed by atoms with E-state index in [1.165, 1.54) is 13.4 Å². The molecule has 0 fully saturated rings. The summed E-state index contributed by atoms with van der Waals surface area (Å²) < 4.78 is 38.2. The van der Waals surface area contributed by atoms with Crippen molar-refractivity contribution >= 4 is 42.1 Å². The van der Waals surface area contributed by atoms with E-state index in [1.807, 2.05) is 0 Å². The average molecular weight is 618 g/mol. The highest BCUT2D eigenvalue weighted by molar-refractivity contribution is 7.57. The Morgan fingerprint density at radius 3 is 2.52 bits per heavy atom. The predicted molar refractivity (Wildman–Crippen MR) is 158 cm³/mol. The number of nitrogens with one attached hydrogen (secondary N) is 1. The lowest BCUT2D eigenvalue weighted by Gasteiger charge is -2.25. The maximum absolute atomic E-state index is 14.1. The minimum Gasteiger partial charge on any atom is -0.481 e. The van der Waals surface area contributed by atoms with Gasteiger partial charge in [-0.05, 0) is 58.0 Å². The number of fused-ring (bicyclic) bond motifs is 1. The van der Waals surface area contributed by atoms with Crippen LogP contribution in [0.25, 0.3) is 22.4 Å². The Kier molecular flexibility index (Phi) is 10.00. The fraction of sp³-hybridized carbons (Fsp3) is 0.370. The van der Waals surface area contributed by atoms with Crippen LogP contribution in [0.1, 0.15) is 27.7 Å². The number of imidazole rings is 1. The Morgan fingerprint density at radius 2 is 1.83 bits per heavy atom. The maximum Gasteiger partial charge on any atom is 0.342 e. The number of nitrogens with two attached hydrogens (primary N) is 1. The number of nitrogen functional groups attached to an aromatic ring is 1. The van der Waals surface area contributed by atoms with Gasteiger partial charge in [-0.25, -0.2) is 25.0 Å². The van der Waals surface area contributed by atoms with Gasteiger partial charge in [0.05, 0.1) is 42.9 Å². The molecular weight excluding hydrogens is 585 g/mol. The average Bonchev–Trinajstić information content (AvgIpc) is 3.36. The number of esters is 1. The molecule has 3 aromatic heterocycles. The van der Waals surface area contributed by atoms with Crippen LogP contribution in [-0.2, 0) is 25.4 Å². The number of methoxy groups -OCH3 is 1. The number of rotatable bonds is 13. The minimum absolute atomic E-state index is 0.271. The van der Waals surface area contributed by atoms with Crippen molar-refractivity contribution in [1.29, 1.82) is 0 Å². The first-order valence-electron chi connectivity index (χ1n) is 13.1. The molecule has 0 aliphatic rings. The molecule has 3 atom stereocenters. The Balaban J connectivity index is 1.51. The normalized spacial score (nSPS) is 14.4. The van der Waals surface area contributed by atoms with Crippen LogP contribution in [0.4, 0.5) is 5.82 Å². The molecular formula is C27H33ClN7O6P. The number of hydrogen-bond acceptors (Lipinski definition) is 11. The van der Waals surface area contributed by atoms with Gasteiger partial charge in [-0.15, -0.1) is 0 Å². The SMILES string of the molecule is COc1ccc(Cl)c(-c2ccc(OP(=O)(CO[C@H](C)Cn3cnc4c(N)ncnc43)N[C@@H](C)C(=O)OC(C)C)cc2)n1. The Morgan fingerprint density at radius 1 is 1.10 bits per heavy atom. The summed E-state index contributed by atoms with van der Waals surface area (Å²) in [5, 5.41) is 3.24. The molecule has 0 radical (unpaired) electrons. The summed E-state index contributed by atoms with van der Waals surface area (Å²) in [7, 11) is -2.29. The van der Waals surface area contributed by atoms with E-state index in [1.54, 1.807) is 75.0 Å². The van der Waals surface area contributed by atoms with Crippen LogP contribution < -0.4 is 20.1 Å². The summed E-state index contributed by atoms with van der Waals surface area (Å²) in [6.45, 7) is 7.15. The summed E-state index contributed by atoms with van der Waals surface area (Å²) in [6.07, 6.45) is 1.81. The van der Waals surface area contributed by atoms with Gasteiger partial charge in [-0.2, -0.15) is 0 Å². The number of aromatic nitrogens is 5.